The molecule has 3 aromatic heterocycles. The zero-order chi connectivity index (χ0) is 10.5. The van der Waals surface area contributed by atoms with Crippen LogP contribution in [0.3, 0.4) is 0 Å². The van der Waals surface area contributed by atoms with E-state index in [4.69, 9.17) is 4.42 Å². The summed E-state index contributed by atoms with van der Waals surface area (Å²) in [7, 11) is 0. The summed E-state index contributed by atoms with van der Waals surface area (Å²) in [6, 6.07) is 5.76. The Balaban J connectivity index is 2.38. The van der Waals surface area contributed by atoms with Gasteiger partial charge >= 0.3 is 0 Å². The van der Waals surface area contributed by atoms with Crippen LogP contribution < -0.4 is 0 Å². The zero-order valence-electron chi connectivity index (χ0n) is 8.16. The summed E-state index contributed by atoms with van der Waals surface area (Å²) in [6.45, 7) is 0. The van der Waals surface area contributed by atoms with Crippen molar-refractivity contribution in [2.75, 3.05) is 0 Å². The lowest BCUT2D eigenvalue weighted by Crippen LogP contribution is -1.91. The third kappa shape index (κ3) is 0.826. The van der Waals surface area contributed by atoms with Gasteiger partial charge in [-0.25, -0.2) is 9.97 Å². The van der Waals surface area contributed by atoms with Gasteiger partial charge in [-0.15, -0.1) is 0 Å². The third-order valence-electron chi connectivity index (χ3n) is 2.65. The Bertz CT molecular complexity index is 814. The molecule has 0 aliphatic rings. The van der Waals surface area contributed by atoms with Gasteiger partial charge in [-0.2, -0.15) is 9.61 Å². The van der Waals surface area contributed by atoms with Crippen LogP contribution >= 0.6 is 0 Å². The molecule has 0 bridgehead atoms. The van der Waals surface area contributed by atoms with E-state index in [1.807, 2.05) is 18.2 Å². The minimum Gasteiger partial charge on any atom is -0.464 e. The second kappa shape index (κ2) is 2.57. The van der Waals surface area contributed by atoms with Crippen LogP contribution in [0.25, 0.3) is 27.8 Å². The van der Waals surface area contributed by atoms with Gasteiger partial charge in [0.1, 0.15) is 11.1 Å². The van der Waals surface area contributed by atoms with Gasteiger partial charge in [0, 0.05) is 5.39 Å². The summed E-state index contributed by atoms with van der Waals surface area (Å²) < 4.78 is 7.06. The summed E-state index contributed by atoms with van der Waals surface area (Å²) in [5, 5.41) is 5.21. The maximum atomic E-state index is 5.33. The Morgan fingerprint density at radius 3 is 3.12 bits per heavy atom. The van der Waals surface area contributed by atoms with E-state index in [2.05, 4.69) is 15.1 Å². The Morgan fingerprint density at radius 1 is 1.12 bits per heavy atom. The van der Waals surface area contributed by atoms with Crippen molar-refractivity contribution in [1.82, 2.24) is 19.6 Å². The second-order valence-electron chi connectivity index (χ2n) is 3.53. The molecule has 0 aliphatic heterocycles. The molecule has 16 heavy (non-hydrogen) atoms. The van der Waals surface area contributed by atoms with Crippen molar-refractivity contribution in [3.63, 3.8) is 0 Å². The maximum Gasteiger partial charge on any atom is 0.251 e. The van der Waals surface area contributed by atoms with Crippen molar-refractivity contribution in [2.45, 2.75) is 0 Å². The van der Waals surface area contributed by atoms with Crippen molar-refractivity contribution >= 4 is 27.8 Å². The molecule has 1 aromatic carbocycles. The van der Waals surface area contributed by atoms with Crippen molar-refractivity contribution in [2.24, 2.45) is 0 Å². The molecule has 5 nitrogen and oxygen atoms in total. The summed E-state index contributed by atoms with van der Waals surface area (Å²) in [5.74, 6) is 0.603. The lowest BCUT2D eigenvalue weighted by molar-refractivity contribution is 0.616. The van der Waals surface area contributed by atoms with Crippen molar-refractivity contribution < 1.29 is 4.42 Å². The van der Waals surface area contributed by atoms with Gasteiger partial charge in [-0.1, -0.05) is 0 Å². The molecular weight excluding hydrogens is 204 g/mol. The first kappa shape index (κ1) is 7.81. The fraction of sp³-hybridized carbons (Fsp3) is 0. The topological polar surface area (TPSA) is 56.2 Å². The molecule has 0 radical (unpaired) electrons. The number of furan rings is 1. The first-order valence-electron chi connectivity index (χ1n) is 4.89. The van der Waals surface area contributed by atoms with Gasteiger partial charge < -0.3 is 4.42 Å². The zero-order valence-corrected chi connectivity index (χ0v) is 8.16. The smallest absolute Gasteiger partial charge is 0.251 e. The Hall–Kier alpha value is -2.43. The molecule has 0 N–H and O–H groups in total. The van der Waals surface area contributed by atoms with Gasteiger partial charge in [0.2, 0.25) is 0 Å². The van der Waals surface area contributed by atoms with E-state index in [1.165, 1.54) is 0 Å². The highest BCUT2D eigenvalue weighted by atomic mass is 16.3. The lowest BCUT2D eigenvalue weighted by Gasteiger charge is -1.91. The van der Waals surface area contributed by atoms with Crippen LogP contribution in [0.5, 0.6) is 0 Å². The van der Waals surface area contributed by atoms with Crippen LogP contribution in [-0.2, 0) is 0 Å². The molecule has 0 aliphatic carbocycles. The molecular formula is C11H6N4O. The second-order valence-corrected chi connectivity index (χ2v) is 3.53. The van der Waals surface area contributed by atoms with Crippen LogP contribution in [0, 0.1) is 0 Å². The minimum atomic E-state index is 0.603. The van der Waals surface area contributed by atoms with Crippen molar-refractivity contribution in [3.8, 4) is 0 Å². The largest absolute Gasteiger partial charge is 0.464 e. The van der Waals surface area contributed by atoms with Crippen LogP contribution in [-0.4, -0.2) is 19.6 Å². The van der Waals surface area contributed by atoms with E-state index >= 15 is 0 Å². The van der Waals surface area contributed by atoms with Crippen LogP contribution in [0.15, 0.2) is 41.3 Å². The highest BCUT2D eigenvalue weighted by Gasteiger charge is 2.10. The van der Waals surface area contributed by atoms with Gasteiger partial charge in [0.05, 0.1) is 24.2 Å². The maximum absolute atomic E-state index is 5.33. The normalized spacial score (nSPS) is 11.8. The molecule has 3 heterocycles. The number of aromatic nitrogens is 4. The molecule has 0 saturated carbocycles. The van der Waals surface area contributed by atoms with Crippen molar-refractivity contribution in [1.29, 1.82) is 0 Å². The van der Waals surface area contributed by atoms with E-state index in [0.717, 1.165) is 22.0 Å². The third-order valence-corrected chi connectivity index (χ3v) is 2.65. The predicted molar refractivity (Wildman–Crippen MR) is 58.1 cm³/mol. The Morgan fingerprint density at radius 2 is 2.12 bits per heavy atom. The Labute approximate surface area is 89.3 Å². The van der Waals surface area contributed by atoms with Crippen molar-refractivity contribution in [3.05, 3.63) is 36.9 Å². The van der Waals surface area contributed by atoms with Crippen LogP contribution in [0.2, 0.25) is 0 Å². The summed E-state index contributed by atoms with van der Waals surface area (Å²) >= 11 is 0. The monoisotopic (exact) mass is 210 g/mol. The standard InChI is InChI=1S/C11H6N4O/c1-2-9-7(3-6-16-9)10-8(1)15-11(14-10)12-4-5-13-15/h1-6H. The highest BCUT2D eigenvalue weighted by Crippen LogP contribution is 2.25. The summed E-state index contributed by atoms with van der Waals surface area (Å²) in [5.41, 5.74) is 2.64. The number of rotatable bonds is 0. The molecule has 0 atom stereocenters. The molecule has 5 heteroatoms. The number of hydrogen-bond donors (Lipinski definition) is 0. The SMILES string of the molecule is c1cnn2c(n1)nc1c3ccoc3ccc12. The lowest BCUT2D eigenvalue weighted by atomic mass is 10.2. The quantitative estimate of drug-likeness (QED) is 0.445. The fourth-order valence-corrected chi connectivity index (χ4v) is 1.95. The van der Waals surface area contributed by atoms with E-state index in [9.17, 15) is 0 Å². The number of imidazole rings is 1. The Kier molecular flexibility index (Phi) is 1.26. The summed E-state index contributed by atoms with van der Waals surface area (Å²) in [4.78, 5) is 8.61. The number of benzene rings is 1. The van der Waals surface area contributed by atoms with E-state index in [1.54, 1.807) is 23.2 Å². The fourth-order valence-electron chi connectivity index (χ4n) is 1.95. The first-order valence-corrected chi connectivity index (χ1v) is 4.89. The molecule has 0 amide bonds. The van der Waals surface area contributed by atoms with E-state index in [-0.39, 0.29) is 0 Å². The molecule has 0 spiro atoms. The molecule has 76 valence electrons. The predicted octanol–water partition coefficient (Wildman–Crippen LogP) is 2.02. The van der Waals surface area contributed by atoms with Gasteiger partial charge in [-0.3, -0.25) is 0 Å². The van der Waals surface area contributed by atoms with Gasteiger partial charge in [-0.05, 0) is 18.2 Å². The first-order chi connectivity index (χ1) is 7.93. The molecule has 0 fully saturated rings. The molecule has 0 saturated heterocycles. The number of fused-ring (bicyclic) bond motifs is 5. The van der Waals surface area contributed by atoms with E-state index in [0.29, 0.717) is 5.78 Å². The molecule has 4 rings (SSSR count). The molecule has 4 aromatic rings. The molecule has 0 unspecified atom stereocenters. The van der Waals surface area contributed by atoms with Crippen LogP contribution in [0.1, 0.15) is 0 Å². The number of nitrogens with zero attached hydrogens (tertiary/aromatic N) is 4. The van der Waals surface area contributed by atoms with Gasteiger partial charge in [0.15, 0.2) is 0 Å². The average molecular weight is 210 g/mol. The van der Waals surface area contributed by atoms with E-state index < -0.39 is 0 Å². The number of hydrogen-bond acceptors (Lipinski definition) is 4. The van der Waals surface area contributed by atoms with Crippen LogP contribution in [0.4, 0.5) is 0 Å². The highest BCUT2D eigenvalue weighted by molar-refractivity contribution is 6.03. The average Bonchev–Trinajstić information content (AvgIpc) is 2.92. The minimum absolute atomic E-state index is 0.603. The summed E-state index contributed by atoms with van der Waals surface area (Å²) in [6.07, 6.45) is 4.94. The van der Waals surface area contributed by atoms with Gasteiger partial charge in [0.25, 0.3) is 5.78 Å².